The van der Waals surface area contributed by atoms with Crippen LogP contribution < -0.4 is 5.32 Å². The van der Waals surface area contributed by atoms with Gasteiger partial charge < -0.3 is 10.3 Å². The van der Waals surface area contributed by atoms with Gasteiger partial charge in [0.15, 0.2) is 0 Å². The number of aryl methyl sites for hydroxylation is 1. The minimum atomic E-state index is -0.251. The zero-order valence-corrected chi connectivity index (χ0v) is 20.4. The number of carbonyl (C=O) groups is 1. The van der Waals surface area contributed by atoms with Gasteiger partial charge >= 0.3 is 0 Å². The zero-order chi connectivity index (χ0) is 24.4. The number of benzene rings is 3. The summed E-state index contributed by atoms with van der Waals surface area (Å²) in [6, 6.07) is 23.4. The topological polar surface area (TPSA) is 48.1 Å². The number of fused-ring (bicyclic) bond motifs is 1. The molecular weight excluding hydrogens is 437 g/mol. The molecule has 0 saturated carbocycles. The molecule has 2 atom stereocenters. The van der Waals surface area contributed by atoms with E-state index in [2.05, 4.69) is 46.4 Å². The van der Waals surface area contributed by atoms with E-state index in [1.54, 1.807) is 12.1 Å². The highest BCUT2D eigenvalue weighted by Crippen LogP contribution is 2.29. The molecule has 3 aromatic carbocycles. The third kappa shape index (κ3) is 5.01. The minimum Gasteiger partial charge on any atom is -0.350 e. The summed E-state index contributed by atoms with van der Waals surface area (Å²) in [5.74, 6) is 0.348. The van der Waals surface area contributed by atoms with Crippen molar-refractivity contribution in [2.24, 2.45) is 5.92 Å². The monoisotopic (exact) mass is 469 g/mol. The highest BCUT2D eigenvalue weighted by Gasteiger charge is 2.31. The van der Waals surface area contributed by atoms with Gasteiger partial charge in [-0.05, 0) is 59.7 Å². The first-order valence-corrected chi connectivity index (χ1v) is 12.5. The van der Waals surface area contributed by atoms with Crippen LogP contribution in [0.2, 0.25) is 0 Å². The third-order valence-electron chi connectivity index (χ3n) is 7.38. The number of carbonyl (C=O) groups excluding carboxylic acids is 1. The van der Waals surface area contributed by atoms with Crippen molar-refractivity contribution in [1.29, 1.82) is 0 Å². The summed E-state index contributed by atoms with van der Waals surface area (Å²) in [5, 5.41) is 4.23. The quantitative estimate of drug-likeness (QED) is 0.333. The number of nitrogens with one attached hydrogen (secondary N) is 2. The maximum atomic E-state index is 13.3. The molecule has 2 N–H and O–H groups in total. The van der Waals surface area contributed by atoms with Gasteiger partial charge in [-0.1, -0.05) is 67.9 Å². The Bertz CT molecular complexity index is 1310. The van der Waals surface area contributed by atoms with Crippen molar-refractivity contribution in [3.8, 4) is 11.1 Å². The average molecular weight is 470 g/mol. The molecule has 2 heterocycles. The standard InChI is InChI=1S/C30H32FN3O/c1-3-21-15-26(34(18-21)19-22-7-5-4-6-8-22)17-32-30(35)29-20(2)27-14-11-24(16-28(27)33-29)23-9-12-25(31)13-10-23/h4-14,16,21,26,33H,3,15,17-19H2,1-2H3,(H,32,35)/t21-,26-/m0/s1. The second kappa shape index (κ2) is 10.0. The molecule has 1 saturated heterocycles. The third-order valence-corrected chi connectivity index (χ3v) is 7.38. The molecule has 1 amide bonds. The summed E-state index contributed by atoms with van der Waals surface area (Å²) < 4.78 is 13.3. The van der Waals surface area contributed by atoms with Gasteiger partial charge in [0.25, 0.3) is 5.91 Å². The van der Waals surface area contributed by atoms with E-state index in [0.717, 1.165) is 53.5 Å². The molecule has 4 nitrogen and oxygen atoms in total. The number of halogens is 1. The van der Waals surface area contributed by atoms with Crippen molar-refractivity contribution < 1.29 is 9.18 Å². The Morgan fingerprint density at radius 3 is 2.54 bits per heavy atom. The number of hydrogen-bond donors (Lipinski definition) is 2. The number of H-pyrrole nitrogens is 1. The Labute approximate surface area is 206 Å². The fourth-order valence-corrected chi connectivity index (χ4v) is 5.29. The van der Waals surface area contributed by atoms with E-state index in [-0.39, 0.29) is 11.7 Å². The van der Waals surface area contributed by atoms with Crippen LogP contribution in [-0.4, -0.2) is 34.9 Å². The Hall–Kier alpha value is -3.44. The van der Waals surface area contributed by atoms with E-state index in [1.807, 2.05) is 31.2 Å². The van der Waals surface area contributed by atoms with Crippen LogP contribution in [0.1, 0.15) is 41.4 Å². The van der Waals surface area contributed by atoms with Crippen molar-refractivity contribution in [1.82, 2.24) is 15.2 Å². The van der Waals surface area contributed by atoms with E-state index in [4.69, 9.17) is 0 Å². The molecule has 0 unspecified atom stereocenters. The van der Waals surface area contributed by atoms with Crippen molar-refractivity contribution in [2.45, 2.75) is 39.3 Å². The molecule has 1 aliphatic heterocycles. The number of aromatic nitrogens is 1. The second-order valence-electron chi connectivity index (χ2n) is 9.68. The van der Waals surface area contributed by atoms with Crippen molar-refractivity contribution in [3.05, 3.63) is 95.4 Å². The van der Waals surface area contributed by atoms with Crippen LogP contribution in [0.3, 0.4) is 0 Å². The summed E-state index contributed by atoms with van der Waals surface area (Å²) in [6.45, 7) is 6.85. The van der Waals surface area contributed by atoms with Gasteiger partial charge in [-0.15, -0.1) is 0 Å². The molecule has 0 aliphatic carbocycles. The van der Waals surface area contributed by atoms with Crippen molar-refractivity contribution >= 4 is 16.8 Å². The fraction of sp³-hybridized carbons (Fsp3) is 0.300. The van der Waals surface area contributed by atoms with Gasteiger partial charge in [-0.3, -0.25) is 9.69 Å². The first-order valence-electron chi connectivity index (χ1n) is 12.5. The van der Waals surface area contributed by atoms with E-state index in [1.165, 1.54) is 17.7 Å². The lowest BCUT2D eigenvalue weighted by Crippen LogP contribution is -2.40. The van der Waals surface area contributed by atoms with Crippen LogP contribution in [0, 0.1) is 18.7 Å². The zero-order valence-electron chi connectivity index (χ0n) is 20.4. The summed E-state index contributed by atoms with van der Waals surface area (Å²) >= 11 is 0. The van der Waals surface area contributed by atoms with Crippen LogP contribution in [-0.2, 0) is 6.54 Å². The van der Waals surface area contributed by atoms with Crippen LogP contribution in [0.5, 0.6) is 0 Å². The molecule has 1 aromatic heterocycles. The number of amides is 1. The lowest BCUT2D eigenvalue weighted by molar-refractivity contribution is 0.0935. The second-order valence-corrected chi connectivity index (χ2v) is 9.68. The van der Waals surface area contributed by atoms with Crippen molar-refractivity contribution in [2.75, 3.05) is 13.1 Å². The molecule has 35 heavy (non-hydrogen) atoms. The SMILES string of the molecule is CC[C@H]1C[C@@H](CNC(=O)c2[nH]c3cc(-c4ccc(F)cc4)ccc3c2C)N(Cc2ccccc2)C1. The smallest absolute Gasteiger partial charge is 0.268 e. The van der Waals surface area contributed by atoms with E-state index < -0.39 is 0 Å². The van der Waals surface area contributed by atoms with Gasteiger partial charge in [-0.25, -0.2) is 4.39 Å². The largest absolute Gasteiger partial charge is 0.350 e. The Kier molecular flexibility index (Phi) is 6.69. The van der Waals surface area contributed by atoms with E-state index in [9.17, 15) is 9.18 Å². The highest BCUT2D eigenvalue weighted by molar-refractivity contribution is 6.01. The van der Waals surface area contributed by atoms with E-state index >= 15 is 0 Å². The number of rotatable bonds is 7. The van der Waals surface area contributed by atoms with Gasteiger partial charge in [0.2, 0.25) is 0 Å². The highest BCUT2D eigenvalue weighted by atomic mass is 19.1. The predicted molar refractivity (Wildman–Crippen MR) is 140 cm³/mol. The molecule has 5 heteroatoms. The number of likely N-dealkylation sites (tertiary alicyclic amines) is 1. The number of hydrogen-bond acceptors (Lipinski definition) is 2. The summed E-state index contributed by atoms with van der Waals surface area (Å²) in [4.78, 5) is 19.0. The Morgan fingerprint density at radius 2 is 1.80 bits per heavy atom. The van der Waals surface area contributed by atoms with Crippen LogP contribution in [0.25, 0.3) is 22.0 Å². The molecular formula is C30H32FN3O. The predicted octanol–water partition coefficient (Wildman–Crippen LogP) is 6.31. The number of aromatic amines is 1. The summed E-state index contributed by atoms with van der Waals surface area (Å²) in [7, 11) is 0. The van der Waals surface area contributed by atoms with Crippen molar-refractivity contribution in [3.63, 3.8) is 0 Å². The van der Waals surface area contributed by atoms with Crippen LogP contribution >= 0.6 is 0 Å². The fourth-order valence-electron chi connectivity index (χ4n) is 5.29. The molecule has 5 rings (SSSR count). The van der Waals surface area contributed by atoms with E-state index in [0.29, 0.717) is 24.2 Å². The maximum absolute atomic E-state index is 13.3. The molecule has 1 fully saturated rings. The van der Waals surface area contributed by atoms with Gasteiger partial charge in [0.05, 0.1) is 0 Å². The first kappa shape index (κ1) is 23.3. The maximum Gasteiger partial charge on any atom is 0.268 e. The van der Waals surface area contributed by atoms with Gasteiger partial charge in [0, 0.05) is 36.6 Å². The molecule has 4 aromatic rings. The summed E-state index contributed by atoms with van der Waals surface area (Å²) in [6.07, 6.45) is 2.27. The normalized spacial score (nSPS) is 18.3. The van der Waals surface area contributed by atoms with Gasteiger partial charge in [0.1, 0.15) is 11.5 Å². The lowest BCUT2D eigenvalue weighted by Gasteiger charge is -2.24. The summed E-state index contributed by atoms with van der Waals surface area (Å²) in [5.41, 5.74) is 5.70. The molecule has 0 spiro atoms. The molecule has 1 aliphatic rings. The van der Waals surface area contributed by atoms with Gasteiger partial charge in [-0.2, -0.15) is 0 Å². The Morgan fingerprint density at radius 1 is 1.06 bits per heavy atom. The molecule has 0 bridgehead atoms. The average Bonchev–Trinajstić information content (AvgIpc) is 3.43. The number of nitrogens with zero attached hydrogens (tertiary/aromatic N) is 1. The minimum absolute atomic E-state index is 0.0679. The Balaban J connectivity index is 1.30. The lowest BCUT2D eigenvalue weighted by atomic mass is 10.0. The van der Waals surface area contributed by atoms with Crippen LogP contribution in [0.4, 0.5) is 4.39 Å². The molecule has 180 valence electrons. The first-order chi connectivity index (χ1) is 17.0. The molecule has 0 radical (unpaired) electrons. The van der Waals surface area contributed by atoms with Crippen LogP contribution in [0.15, 0.2) is 72.8 Å².